The summed E-state index contributed by atoms with van der Waals surface area (Å²) in [5.74, 6) is 0.933. The number of thiophene rings is 1. The highest BCUT2D eigenvalue weighted by Gasteiger charge is 2.21. The molecule has 0 spiro atoms. The summed E-state index contributed by atoms with van der Waals surface area (Å²) in [6.07, 6.45) is 3.69. The quantitative estimate of drug-likeness (QED) is 0.885. The Morgan fingerprint density at radius 2 is 2.21 bits per heavy atom. The minimum absolute atomic E-state index is 0.423. The molecule has 100 valence electrons. The van der Waals surface area contributed by atoms with Crippen LogP contribution in [0.5, 0.6) is 5.75 Å². The Hall–Kier alpha value is -1.48. The van der Waals surface area contributed by atoms with Crippen molar-refractivity contribution in [2.75, 3.05) is 12.4 Å². The van der Waals surface area contributed by atoms with Gasteiger partial charge in [0, 0.05) is 4.88 Å². The molecular weight excluding hydrogens is 254 g/mol. The van der Waals surface area contributed by atoms with Crippen molar-refractivity contribution in [3.63, 3.8) is 0 Å². The number of hydrogen-bond acceptors (Lipinski definition) is 3. The lowest BCUT2D eigenvalue weighted by Crippen LogP contribution is -2.16. The third-order valence-corrected chi connectivity index (χ3v) is 4.74. The van der Waals surface area contributed by atoms with E-state index < -0.39 is 0 Å². The molecule has 1 aliphatic rings. The Kier molecular flexibility index (Phi) is 3.47. The van der Waals surface area contributed by atoms with E-state index in [1.54, 1.807) is 7.11 Å². The smallest absolute Gasteiger partial charge is 0.142 e. The highest BCUT2D eigenvalue weighted by Crippen LogP contribution is 2.37. The number of ether oxygens (including phenoxy) is 1. The first kappa shape index (κ1) is 12.5. The molecule has 0 aliphatic heterocycles. The molecule has 0 amide bonds. The van der Waals surface area contributed by atoms with Crippen LogP contribution >= 0.6 is 11.3 Å². The molecular formula is C16H19NOS. The maximum atomic E-state index is 5.48. The SMILES string of the molecule is COc1cc(C)ccc1NC1CCCc2sccc21. The highest BCUT2D eigenvalue weighted by atomic mass is 32.1. The summed E-state index contributed by atoms with van der Waals surface area (Å²) < 4.78 is 5.48. The van der Waals surface area contributed by atoms with Crippen molar-refractivity contribution >= 4 is 17.0 Å². The summed E-state index contributed by atoms with van der Waals surface area (Å²) in [4.78, 5) is 1.54. The average Bonchev–Trinajstić information content (AvgIpc) is 2.90. The van der Waals surface area contributed by atoms with E-state index in [4.69, 9.17) is 4.74 Å². The van der Waals surface area contributed by atoms with Crippen molar-refractivity contribution in [3.05, 3.63) is 45.6 Å². The van der Waals surface area contributed by atoms with Crippen LogP contribution in [0.15, 0.2) is 29.6 Å². The molecule has 1 heterocycles. The van der Waals surface area contributed by atoms with Gasteiger partial charge in [-0.2, -0.15) is 0 Å². The number of hydrogen-bond donors (Lipinski definition) is 1. The number of fused-ring (bicyclic) bond motifs is 1. The average molecular weight is 273 g/mol. The topological polar surface area (TPSA) is 21.3 Å². The van der Waals surface area contributed by atoms with E-state index in [1.807, 2.05) is 11.3 Å². The van der Waals surface area contributed by atoms with Crippen LogP contribution in [-0.4, -0.2) is 7.11 Å². The molecule has 1 aliphatic carbocycles. The van der Waals surface area contributed by atoms with Gasteiger partial charge in [-0.15, -0.1) is 11.3 Å². The Labute approximate surface area is 118 Å². The van der Waals surface area contributed by atoms with E-state index in [2.05, 4.69) is 41.9 Å². The van der Waals surface area contributed by atoms with Gasteiger partial charge < -0.3 is 10.1 Å². The molecule has 2 aromatic rings. The zero-order valence-electron chi connectivity index (χ0n) is 11.4. The van der Waals surface area contributed by atoms with Gasteiger partial charge in [-0.25, -0.2) is 0 Å². The molecule has 3 heteroatoms. The molecule has 0 radical (unpaired) electrons. The first-order valence-corrected chi connectivity index (χ1v) is 7.63. The third kappa shape index (κ3) is 2.47. The lowest BCUT2D eigenvalue weighted by molar-refractivity contribution is 0.415. The number of anilines is 1. The van der Waals surface area contributed by atoms with Crippen LogP contribution in [0.2, 0.25) is 0 Å². The van der Waals surface area contributed by atoms with Gasteiger partial charge in [-0.3, -0.25) is 0 Å². The summed E-state index contributed by atoms with van der Waals surface area (Å²) >= 11 is 1.88. The van der Waals surface area contributed by atoms with Crippen molar-refractivity contribution in [2.24, 2.45) is 0 Å². The van der Waals surface area contributed by atoms with Crippen molar-refractivity contribution in [1.82, 2.24) is 0 Å². The Morgan fingerprint density at radius 3 is 3.05 bits per heavy atom. The molecule has 3 rings (SSSR count). The van der Waals surface area contributed by atoms with E-state index >= 15 is 0 Å². The molecule has 1 atom stereocenters. The molecule has 19 heavy (non-hydrogen) atoms. The van der Waals surface area contributed by atoms with Gasteiger partial charge in [0.15, 0.2) is 0 Å². The summed E-state index contributed by atoms with van der Waals surface area (Å²) in [7, 11) is 1.73. The molecule has 0 saturated heterocycles. The van der Waals surface area contributed by atoms with E-state index in [-0.39, 0.29) is 0 Å². The standard InChI is InChI=1S/C16H19NOS/c1-11-6-7-14(15(10-11)18-2)17-13-4-3-5-16-12(13)8-9-19-16/h6-10,13,17H,3-5H2,1-2H3. The van der Waals surface area contributed by atoms with Crippen molar-refractivity contribution in [3.8, 4) is 5.75 Å². The monoisotopic (exact) mass is 273 g/mol. The van der Waals surface area contributed by atoms with E-state index in [0.717, 1.165) is 11.4 Å². The van der Waals surface area contributed by atoms with Gasteiger partial charge in [0.1, 0.15) is 5.75 Å². The van der Waals surface area contributed by atoms with E-state index in [9.17, 15) is 0 Å². The molecule has 1 N–H and O–H groups in total. The fraction of sp³-hybridized carbons (Fsp3) is 0.375. The summed E-state index contributed by atoms with van der Waals surface area (Å²) in [5, 5.41) is 5.86. The second-order valence-electron chi connectivity index (χ2n) is 5.09. The largest absolute Gasteiger partial charge is 0.495 e. The maximum Gasteiger partial charge on any atom is 0.142 e. The first-order valence-electron chi connectivity index (χ1n) is 6.75. The highest BCUT2D eigenvalue weighted by molar-refractivity contribution is 7.10. The van der Waals surface area contributed by atoms with Gasteiger partial charge in [-0.1, -0.05) is 6.07 Å². The second-order valence-corrected chi connectivity index (χ2v) is 6.09. The van der Waals surface area contributed by atoms with Gasteiger partial charge in [0.25, 0.3) is 0 Å². The molecule has 1 aromatic heterocycles. The second kappa shape index (κ2) is 5.25. The zero-order valence-corrected chi connectivity index (χ0v) is 12.2. The number of nitrogens with one attached hydrogen (secondary N) is 1. The van der Waals surface area contributed by atoms with Crippen molar-refractivity contribution < 1.29 is 4.74 Å². The van der Waals surface area contributed by atoms with E-state index in [0.29, 0.717) is 6.04 Å². The van der Waals surface area contributed by atoms with Crippen LogP contribution in [0.1, 0.15) is 34.9 Å². The summed E-state index contributed by atoms with van der Waals surface area (Å²) in [6.45, 7) is 2.09. The lowest BCUT2D eigenvalue weighted by atomic mass is 9.94. The van der Waals surface area contributed by atoms with Crippen LogP contribution < -0.4 is 10.1 Å². The van der Waals surface area contributed by atoms with Crippen LogP contribution in [-0.2, 0) is 6.42 Å². The van der Waals surface area contributed by atoms with E-state index in [1.165, 1.54) is 35.3 Å². The molecule has 0 fully saturated rings. The number of benzene rings is 1. The van der Waals surface area contributed by atoms with Crippen LogP contribution in [0, 0.1) is 6.92 Å². The van der Waals surface area contributed by atoms with Crippen LogP contribution in [0.3, 0.4) is 0 Å². The molecule has 0 saturated carbocycles. The fourth-order valence-corrected chi connectivity index (χ4v) is 3.73. The molecule has 0 bridgehead atoms. The molecule has 1 unspecified atom stereocenters. The Bertz CT molecular complexity index is 576. The minimum Gasteiger partial charge on any atom is -0.495 e. The minimum atomic E-state index is 0.423. The van der Waals surface area contributed by atoms with Gasteiger partial charge in [0.2, 0.25) is 0 Å². The Balaban J connectivity index is 1.87. The van der Waals surface area contributed by atoms with Crippen molar-refractivity contribution in [2.45, 2.75) is 32.2 Å². The fourth-order valence-electron chi connectivity index (χ4n) is 2.74. The van der Waals surface area contributed by atoms with Crippen molar-refractivity contribution in [1.29, 1.82) is 0 Å². The third-order valence-electron chi connectivity index (χ3n) is 3.74. The van der Waals surface area contributed by atoms with Gasteiger partial charge in [0.05, 0.1) is 18.8 Å². The van der Waals surface area contributed by atoms with Gasteiger partial charge >= 0.3 is 0 Å². The van der Waals surface area contributed by atoms with Gasteiger partial charge in [-0.05, 0) is 60.9 Å². The predicted octanol–water partition coefficient (Wildman–Crippen LogP) is 4.55. The first-order chi connectivity index (χ1) is 9.28. The van der Waals surface area contributed by atoms with Crippen LogP contribution in [0.25, 0.3) is 0 Å². The zero-order chi connectivity index (χ0) is 13.2. The predicted molar refractivity (Wildman–Crippen MR) is 81.4 cm³/mol. The number of aryl methyl sites for hydroxylation is 2. The molecule has 1 aromatic carbocycles. The maximum absolute atomic E-state index is 5.48. The summed E-state index contributed by atoms with van der Waals surface area (Å²) in [5.41, 5.74) is 3.79. The lowest BCUT2D eigenvalue weighted by Gasteiger charge is -2.25. The summed E-state index contributed by atoms with van der Waals surface area (Å²) in [6, 6.07) is 9.01. The number of methoxy groups -OCH3 is 1. The number of rotatable bonds is 3. The molecule has 2 nitrogen and oxygen atoms in total. The normalized spacial score (nSPS) is 17.9. The Morgan fingerprint density at radius 1 is 1.32 bits per heavy atom. The van der Waals surface area contributed by atoms with Crippen LogP contribution in [0.4, 0.5) is 5.69 Å².